The van der Waals surface area contributed by atoms with Crippen LogP contribution >= 0.6 is 0 Å². The zero-order valence-corrected chi connectivity index (χ0v) is 10.8. The summed E-state index contributed by atoms with van der Waals surface area (Å²) in [6.45, 7) is 0.434. The molecule has 0 amide bonds. The Morgan fingerprint density at radius 3 is 2.74 bits per heavy atom. The predicted octanol–water partition coefficient (Wildman–Crippen LogP) is 0.828. The maximum atomic E-state index is 9.38. The number of rotatable bonds is 6. The molecule has 0 spiro atoms. The molecule has 0 bridgehead atoms. The molecule has 2 rings (SSSR count). The molecule has 6 nitrogen and oxygen atoms in total. The highest BCUT2D eigenvalue weighted by molar-refractivity contribution is 5.69. The molecule has 0 aliphatic carbocycles. The molecule has 0 unspecified atom stereocenters. The van der Waals surface area contributed by atoms with Crippen LogP contribution in [0.15, 0.2) is 24.3 Å². The number of nitrogens with zero attached hydrogens (tertiary/aromatic N) is 3. The second-order valence-electron chi connectivity index (χ2n) is 4.04. The van der Waals surface area contributed by atoms with Crippen molar-refractivity contribution >= 4 is 0 Å². The number of ether oxygens (including phenoxy) is 1. The molecule has 1 aromatic heterocycles. The normalized spacial score (nSPS) is 10.7. The fraction of sp³-hybridized carbons (Fsp3) is 0.385. The minimum absolute atomic E-state index is 0.0830. The molecule has 0 saturated carbocycles. The van der Waals surface area contributed by atoms with Gasteiger partial charge >= 0.3 is 0 Å². The van der Waals surface area contributed by atoms with Crippen molar-refractivity contribution in [1.82, 2.24) is 15.0 Å². The zero-order valence-electron chi connectivity index (χ0n) is 10.8. The Hall–Kier alpha value is -1.92. The van der Waals surface area contributed by atoms with E-state index in [2.05, 4.69) is 10.3 Å². The monoisotopic (exact) mass is 263 g/mol. The largest absolute Gasteiger partial charge is 0.496 e. The molecular weight excluding hydrogens is 246 g/mol. The van der Waals surface area contributed by atoms with E-state index in [0.717, 1.165) is 11.3 Å². The molecule has 0 aliphatic heterocycles. The van der Waals surface area contributed by atoms with E-state index in [1.165, 1.54) is 0 Å². The van der Waals surface area contributed by atoms with Gasteiger partial charge in [0.2, 0.25) is 0 Å². The van der Waals surface area contributed by atoms with Crippen LogP contribution in [0.3, 0.4) is 0 Å². The third-order valence-electron chi connectivity index (χ3n) is 2.84. The van der Waals surface area contributed by atoms with E-state index < -0.39 is 0 Å². The van der Waals surface area contributed by atoms with E-state index in [4.69, 9.17) is 9.84 Å². The summed E-state index contributed by atoms with van der Waals surface area (Å²) in [5.74, 6) is 0.699. The van der Waals surface area contributed by atoms with Crippen LogP contribution in [0.25, 0.3) is 11.3 Å². The van der Waals surface area contributed by atoms with E-state index in [-0.39, 0.29) is 13.2 Å². The number of aliphatic hydroxyl groups is 2. The molecule has 0 saturated heterocycles. The average Bonchev–Trinajstić information content (AvgIpc) is 2.87. The molecule has 0 fully saturated rings. The molecule has 1 heterocycles. The number of para-hydroxylation sites is 1. The van der Waals surface area contributed by atoms with E-state index in [1.54, 1.807) is 11.8 Å². The van der Waals surface area contributed by atoms with E-state index >= 15 is 0 Å². The Morgan fingerprint density at radius 2 is 2.05 bits per heavy atom. The highest BCUT2D eigenvalue weighted by Gasteiger charge is 2.17. The van der Waals surface area contributed by atoms with Crippen LogP contribution in [0.4, 0.5) is 0 Å². The minimum Gasteiger partial charge on any atom is -0.496 e. The lowest BCUT2D eigenvalue weighted by Gasteiger charge is -2.11. The second-order valence-corrected chi connectivity index (χ2v) is 4.04. The second kappa shape index (κ2) is 6.31. The lowest BCUT2D eigenvalue weighted by atomic mass is 10.1. The van der Waals surface area contributed by atoms with Crippen molar-refractivity contribution in [2.45, 2.75) is 19.6 Å². The smallest absolute Gasteiger partial charge is 0.128 e. The Kier molecular flexibility index (Phi) is 4.48. The first-order valence-corrected chi connectivity index (χ1v) is 6.09. The van der Waals surface area contributed by atoms with Gasteiger partial charge in [0, 0.05) is 18.7 Å². The van der Waals surface area contributed by atoms with Crippen molar-refractivity contribution in [2.75, 3.05) is 13.7 Å². The van der Waals surface area contributed by atoms with Crippen LogP contribution in [0.1, 0.15) is 12.1 Å². The van der Waals surface area contributed by atoms with Gasteiger partial charge in [-0.3, -0.25) is 0 Å². The van der Waals surface area contributed by atoms with Gasteiger partial charge in [0.05, 0.1) is 19.4 Å². The van der Waals surface area contributed by atoms with Gasteiger partial charge in [0.25, 0.3) is 0 Å². The molecule has 0 radical (unpaired) electrons. The Balaban J connectivity index is 2.49. The van der Waals surface area contributed by atoms with Crippen molar-refractivity contribution in [3.8, 4) is 17.0 Å². The molecule has 2 aromatic rings. The average molecular weight is 263 g/mol. The maximum Gasteiger partial charge on any atom is 0.128 e. The lowest BCUT2D eigenvalue weighted by molar-refractivity contribution is 0.276. The number of methoxy groups -OCH3 is 1. The van der Waals surface area contributed by atoms with E-state index in [0.29, 0.717) is 24.4 Å². The first-order chi connectivity index (χ1) is 9.31. The van der Waals surface area contributed by atoms with Crippen molar-refractivity contribution in [3.63, 3.8) is 0 Å². The molecule has 0 atom stereocenters. The van der Waals surface area contributed by atoms with Crippen molar-refractivity contribution in [1.29, 1.82) is 0 Å². The third kappa shape index (κ3) is 2.74. The van der Waals surface area contributed by atoms with Gasteiger partial charge in [-0.15, -0.1) is 5.10 Å². The molecular formula is C13H17N3O3. The third-order valence-corrected chi connectivity index (χ3v) is 2.84. The van der Waals surface area contributed by atoms with Crippen molar-refractivity contribution in [2.24, 2.45) is 0 Å². The van der Waals surface area contributed by atoms with Gasteiger partial charge in [0.1, 0.15) is 11.4 Å². The molecule has 19 heavy (non-hydrogen) atoms. The van der Waals surface area contributed by atoms with Crippen LogP contribution in [0.5, 0.6) is 5.75 Å². The van der Waals surface area contributed by atoms with Crippen LogP contribution in [0.2, 0.25) is 0 Å². The highest BCUT2D eigenvalue weighted by Crippen LogP contribution is 2.31. The summed E-state index contributed by atoms with van der Waals surface area (Å²) in [5, 5.41) is 26.3. The summed E-state index contributed by atoms with van der Waals surface area (Å²) < 4.78 is 7.01. The van der Waals surface area contributed by atoms with Crippen molar-refractivity contribution < 1.29 is 14.9 Å². The topological polar surface area (TPSA) is 80.4 Å². The van der Waals surface area contributed by atoms with Gasteiger partial charge in [0.15, 0.2) is 0 Å². The lowest BCUT2D eigenvalue weighted by Crippen LogP contribution is -2.05. The van der Waals surface area contributed by atoms with Crippen molar-refractivity contribution in [3.05, 3.63) is 30.0 Å². The van der Waals surface area contributed by atoms with Crippen LogP contribution in [-0.2, 0) is 13.2 Å². The fourth-order valence-electron chi connectivity index (χ4n) is 1.97. The molecule has 2 N–H and O–H groups in total. The zero-order chi connectivity index (χ0) is 13.7. The van der Waals surface area contributed by atoms with Crippen LogP contribution in [-0.4, -0.2) is 38.9 Å². The summed E-state index contributed by atoms with van der Waals surface area (Å²) in [4.78, 5) is 0. The molecule has 6 heteroatoms. The Labute approximate surface area is 111 Å². The summed E-state index contributed by atoms with van der Waals surface area (Å²) in [6, 6.07) is 7.51. The molecule has 102 valence electrons. The standard InChI is InChI=1S/C13H17N3O3/c1-19-12-6-3-2-5-10(12)13-11(9-18)14-15-16(13)7-4-8-17/h2-3,5-6,17-18H,4,7-9H2,1H3. The van der Waals surface area contributed by atoms with Crippen LogP contribution < -0.4 is 4.74 Å². The Bertz CT molecular complexity index is 540. The molecule has 1 aromatic carbocycles. The number of hydrogen-bond acceptors (Lipinski definition) is 5. The number of aryl methyl sites for hydroxylation is 1. The summed E-state index contributed by atoms with van der Waals surface area (Å²) in [6.07, 6.45) is 0.580. The fourth-order valence-corrected chi connectivity index (χ4v) is 1.97. The summed E-state index contributed by atoms with van der Waals surface area (Å²) in [7, 11) is 1.60. The van der Waals surface area contributed by atoms with Gasteiger partial charge in [-0.2, -0.15) is 0 Å². The van der Waals surface area contributed by atoms with Gasteiger partial charge < -0.3 is 14.9 Å². The van der Waals surface area contributed by atoms with E-state index in [9.17, 15) is 5.11 Å². The highest BCUT2D eigenvalue weighted by atomic mass is 16.5. The van der Waals surface area contributed by atoms with Crippen LogP contribution in [0, 0.1) is 0 Å². The first-order valence-electron chi connectivity index (χ1n) is 6.09. The SMILES string of the molecule is COc1ccccc1-c1c(CO)nnn1CCCO. The van der Waals surface area contributed by atoms with E-state index in [1.807, 2.05) is 24.3 Å². The predicted molar refractivity (Wildman–Crippen MR) is 69.6 cm³/mol. The number of aromatic nitrogens is 3. The quantitative estimate of drug-likeness (QED) is 0.806. The molecule has 0 aliphatic rings. The van der Waals surface area contributed by atoms with Gasteiger partial charge in [-0.25, -0.2) is 4.68 Å². The number of aliphatic hydroxyl groups excluding tert-OH is 2. The minimum atomic E-state index is -0.188. The summed E-state index contributed by atoms with van der Waals surface area (Å²) >= 11 is 0. The van der Waals surface area contributed by atoms with Gasteiger partial charge in [-0.1, -0.05) is 17.3 Å². The number of benzene rings is 1. The Morgan fingerprint density at radius 1 is 1.26 bits per heavy atom. The first kappa shape index (κ1) is 13.5. The van der Waals surface area contributed by atoms with Gasteiger partial charge in [-0.05, 0) is 18.6 Å². The summed E-state index contributed by atoms with van der Waals surface area (Å²) in [5.41, 5.74) is 2.06. The number of hydrogen-bond donors (Lipinski definition) is 2. The maximum absolute atomic E-state index is 9.38.